The number of aryl methyl sites for hydroxylation is 1. The molecular formula is C21H27N3O3S. The zero-order valence-corrected chi connectivity index (χ0v) is 17.1. The summed E-state index contributed by atoms with van der Waals surface area (Å²) >= 11 is 0. The first-order chi connectivity index (χ1) is 13.4. The third kappa shape index (κ3) is 5.73. The van der Waals surface area contributed by atoms with Crippen LogP contribution in [0.25, 0.3) is 0 Å². The van der Waals surface area contributed by atoms with Gasteiger partial charge in [0.15, 0.2) is 15.8 Å². The second kappa shape index (κ2) is 9.10. The van der Waals surface area contributed by atoms with Gasteiger partial charge in [-0.1, -0.05) is 30.3 Å². The van der Waals surface area contributed by atoms with Crippen molar-refractivity contribution in [3.63, 3.8) is 0 Å². The number of benzene rings is 2. The van der Waals surface area contributed by atoms with Crippen molar-refractivity contribution < 1.29 is 13.2 Å². The lowest BCUT2D eigenvalue weighted by Gasteiger charge is -2.16. The fourth-order valence-electron chi connectivity index (χ4n) is 3.13. The summed E-state index contributed by atoms with van der Waals surface area (Å²) in [6, 6.07) is 15.6. The van der Waals surface area contributed by atoms with Gasteiger partial charge in [0.05, 0.1) is 18.1 Å². The maximum atomic E-state index is 11.7. The molecule has 0 bridgehead atoms. The normalized spacial score (nSPS) is 18.6. The fourth-order valence-corrected chi connectivity index (χ4v) is 4.80. The van der Waals surface area contributed by atoms with E-state index < -0.39 is 9.84 Å². The average molecular weight is 402 g/mol. The summed E-state index contributed by atoms with van der Waals surface area (Å²) in [5.41, 5.74) is 2.10. The van der Waals surface area contributed by atoms with E-state index in [0.717, 1.165) is 22.6 Å². The Balaban J connectivity index is 1.72. The molecule has 2 aromatic rings. The Morgan fingerprint density at radius 3 is 2.75 bits per heavy atom. The number of nitrogens with one attached hydrogen (secondary N) is 2. The van der Waals surface area contributed by atoms with Crippen molar-refractivity contribution in [1.82, 2.24) is 10.6 Å². The molecule has 0 amide bonds. The zero-order valence-electron chi connectivity index (χ0n) is 16.3. The van der Waals surface area contributed by atoms with E-state index in [0.29, 0.717) is 25.5 Å². The third-order valence-electron chi connectivity index (χ3n) is 4.51. The van der Waals surface area contributed by atoms with Gasteiger partial charge in [0.1, 0.15) is 11.5 Å². The summed E-state index contributed by atoms with van der Waals surface area (Å²) in [6.45, 7) is 5.14. The summed E-state index contributed by atoms with van der Waals surface area (Å²) < 4.78 is 29.4. The monoisotopic (exact) mass is 401 g/mol. The predicted octanol–water partition coefficient (Wildman–Crippen LogP) is 3.03. The van der Waals surface area contributed by atoms with Crippen LogP contribution in [0, 0.1) is 6.92 Å². The molecule has 2 N–H and O–H groups in total. The van der Waals surface area contributed by atoms with E-state index in [1.807, 2.05) is 62.4 Å². The zero-order chi connectivity index (χ0) is 20.0. The van der Waals surface area contributed by atoms with Crippen LogP contribution >= 0.6 is 0 Å². The Bertz CT molecular complexity index is 941. The largest absolute Gasteiger partial charge is 0.457 e. The van der Waals surface area contributed by atoms with Crippen molar-refractivity contribution >= 4 is 15.8 Å². The molecule has 0 aliphatic carbocycles. The van der Waals surface area contributed by atoms with Crippen LogP contribution in [0.2, 0.25) is 0 Å². The van der Waals surface area contributed by atoms with E-state index in [1.165, 1.54) is 0 Å². The summed E-state index contributed by atoms with van der Waals surface area (Å²) in [5, 5.41) is 6.43. The van der Waals surface area contributed by atoms with Gasteiger partial charge < -0.3 is 15.4 Å². The molecule has 6 nitrogen and oxygen atoms in total. The van der Waals surface area contributed by atoms with E-state index in [2.05, 4.69) is 15.6 Å². The van der Waals surface area contributed by atoms with Crippen molar-refractivity contribution in [2.75, 3.05) is 18.1 Å². The van der Waals surface area contributed by atoms with E-state index >= 15 is 0 Å². The lowest BCUT2D eigenvalue weighted by Crippen LogP contribution is -2.44. The first-order valence-corrected chi connectivity index (χ1v) is 11.3. The number of rotatable bonds is 6. The fraction of sp³-hybridized carbons (Fsp3) is 0.381. The van der Waals surface area contributed by atoms with Gasteiger partial charge in [-0.15, -0.1) is 0 Å². The van der Waals surface area contributed by atoms with Crippen molar-refractivity contribution in [3.05, 3.63) is 59.7 Å². The van der Waals surface area contributed by atoms with E-state index in [1.54, 1.807) is 0 Å². The molecule has 28 heavy (non-hydrogen) atoms. The molecule has 0 spiro atoms. The van der Waals surface area contributed by atoms with Gasteiger partial charge in [-0.05, 0) is 44.0 Å². The third-order valence-corrected chi connectivity index (χ3v) is 6.28. The molecule has 1 aliphatic heterocycles. The van der Waals surface area contributed by atoms with Crippen LogP contribution in [0.1, 0.15) is 24.5 Å². The standard InChI is InChI=1S/C21H27N3O3S/c1-3-22-21(24-18-11-12-28(25,26)15-18)23-14-17-8-4-5-10-20(17)27-19-9-6-7-16(2)13-19/h4-10,13,18H,3,11-12,14-15H2,1-2H3,(H2,22,23,24). The van der Waals surface area contributed by atoms with Gasteiger partial charge in [0.2, 0.25) is 0 Å². The predicted molar refractivity (Wildman–Crippen MR) is 113 cm³/mol. The molecule has 7 heteroatoms. The average Bonchev–Trinajstić information content (AvgIpc) is 2.99. The summed E-state index contributed by atoms with van der Waals surface area (Å²) in [5.74, 6) is 2.56. The Kier molecular flexibility index (Phi) is 6.57. The molecule has 1 fully saturated rings. The van der Waals surface area contributed by atoms with Crippen molar-refractivity contribution in [2.24, 2.45) is 4.99 Å². The minimum absolute atomic E-state index is 0.0958. The molecule has 0 aromatic heterocycles. The quantitative estimate of drug-likeness (QED) is 0.575. The minimum Gasteiger partial charge on any atom is -0.457 e. The molecule has 0 saturated carbocycles. The molecule has 150 valence electrons. The second-order valence-electron chi connectivity index (χ2n) is 6.97. The van der Waals surface area contributed by atoms with E-state index in [9.17, 15) is 8.42 Å². The van der Waals surface area contributed by atoms with Crippen LogP contribution in [-0.2, 0) is 16.4 Å². The number of guanidine groups is 1. The maximum Gasteiger partial charge on any atom is 0.191 e. The van der Waals surface area contributed by atoms with Gasteiger partial charge in [-0.3, -0.25) is 0 Å². The number of aliphatic imine (C=N–C) groups is 1. The Morgan fingerprint density at radius 1 is 1.21 bits per heavy atom. The molecule has 1 saturated heterocycles. The van der Waals surface area contributed by atoms with Crippen LogP contribution in [-0.4, -0.2) is 38.5 Å². The van der Waals surface area contributed by atoms with Crippen LogP contribution < -0.4 is 15.4 Å². The van der Waals surface area contributed by atoms with Gasteiger partial charge in [0.25, 0.3) is 0 Å². The van der Waals surface area contributed by atoms with Crippen molar-refractivity contribution in [1.29, 1.82) is 0 Å². The first-order valence-electron chi connectivity index (χ1n) is 9.53. The lowest BCUT2D eigenvalue weighted by atomic mass is 10.2. The highest BCUT2D eigenvalue weighted by molar-refractivity contribution is 7.91. The Morgan fingerprint density at radius 2 is 2.04 bits per heavy atom. The summed E-state index contributed by atoms with van der Waals surface area (Å²) in [4.78, 5) is 4.63. The molecule has 3 rings (SSSR count). The Labute approximate surface area is 167 Å². The minimum atomic E-state index is -2.93. The number of hydrogen-bond acceptors (Lipinski definition) is 4. The highest BCUT2D eigenvalue weighted by Crippen LogP contribution is 2.26. The van der Waals surface area contributed by atoms with Gasteiger partial charge in [-0.25, -0.2) is 13.4 Å². The highest BCUT2D eigenvalue weighted by atomic mass is 32.2. The van der Waals surface area contributed by atoms with Crippen LogP contribution in [0.15, 0.2) is 53.5 Å². The molecular weight excluding hydrogens is 374 g/mol. The number of para-hydroxylation sites is 1. The van der Waals surface area contributed by atoms with Crippen molar-refractivity contribution in [2.45, 2.75) is 32.9 Å². The molecule has 1 atom stereocenters. The molecule has 0 radical (unpaired) electrons. The smallest absolute Gasteiger partial charge is 0.191 e. The lowest BCUT2D eigenvalue weighted by molar-refractivity contribution is 0.476. The number of sulfone groups is 1. The number of nitrogens with zero attached hydrogens (tertiary/aromatic N) is 1. The van der Waals surface area contributed by atoms with Crippen molar-refractivity contribution in [3.8, 4) is 11.5 Å². The van der Waals surface area contributed by atoms with Gasteiger partial charge in [-0.2, -0.15) is 0 Å². The van der Waals surface area contributed by atoms with E-state index in [-0.39, 0.29) is 17.5 Å². The first kappa shape index (κ1) is 20.2. The molecule has 1 heterocycles. The summed E-state index contributed by atoms with van der Waals surface area (Å²) in [6.07, 6.45) is 0.611. The topological polar surface area (TPSA) is 79.8 Å². The number of hydrogen-bond donors (Lipinski definition) is 2. The van der Waals surface area contributed by atoms with E-state index in [4.69, 9.17) is 4.74 Å². The molecule has 1 unspecified atom stereocenters. The summed E-state index contributed by atoms with van der Waals surface area (Å²) in [7, 11) is -2.93. The van der Waals surface area contributed by atoms with Gasteiger partial charge >= 0.3 is 0 Å². The van der Waals surface area contributed by atoms with Crippen LogP contribution in [0.3, 0.4) is 0 Å². The van der Waals surface area contributed by atoms with Gasteiger partial charge in [0, 0.05) is 18.2 Å². The van der Waals surface area contributed by atoms with Crippen LogP contribution in [0.5, 0.6) is 11.5 Å². The van der Waals surface area contributed by atoms with Crippen LogP contribution in [0.4, 0.5) is 0 Å². The molecule has 1 aliphatic rings. The molecule has 2 aromatic carbocycles. The maximum absolute atomic E-state index is 11.7. The number of ether oxygens (including phenoxy) is 1. The second-order valence-corrected chi connectivity index (χ2v) is 9.19. The SMILES string of the molecule is CCNC(=NCc1ccccc1Oc1cccc(C)c1)NC1CCS(=O)(=O)C1. The Hall–Kier alpha value is -2.54. The highest BCUT2D eigenvalue weighted by Gasteiger charge is 2.28.